The van der Waals surface area contributed by atoms with Gasteiger partial charge in [0.2, 0.25) is 0 Å². The zero-order valence-corrected chi connectivity index (χ0v) is 7.56. The minimum atomic E-state index is -0.0162. The van der Waals surface area contributed by atoms with Gasteiger partial charge in [0.1, 0.15) is 0 Å². The molecule has 0 aromatic rings. The van der Waals surface area contributed by atoms with Gasteiger partial charge in [0.25, 0.3) is 0 Å². The molecule has 2 heteroatoms. The zero-order valence-electron chi connectivity index (χ0n) is 7.56. The second kappa shape index (κ2) is 4.07. The molecule has 1 atom stereocenters. The molecule has 0 saturated heterocycles. The summed E-state index contributed by atoms with van der Waals surface area (Å²) in [6.07, 6.45) is 5.17. The zero-order chi connectivity index (χ0) is 8.27. The maximum absolute atomic E-state index is 7.79. The van der Waals surface area contributed by atoms with Gasteiger partial charge >= 0.3 is 0 Å². The Bertz CT molecular complexity index is 106. The van der Waals surface area contributed by atoms with E-state index in [0.717, 1.165) is 0 Å². The Morgan fingerprint density at radius 3 is 2.27 bits per heavy atom. The third kappa shape index (κ3) is 2.80. The average Bonchev–Trinajstić information content (AvgIpc) is 2.35. The molecule has 0 spiro atoms. The van der Waals surface area contributed by atoms with Crippen LogP contribution in [0, 0.1) is 5.92 Å². The summed E-state index contributed by atoms with van der Waals surface area (Å²) >= 11 is 0. The third-order valence-electron chi connectivity index (χ3n) is 2.38. The summed E-state index contributed by atoms with van der Waals surface area (Å²) in [5, 5.41) is 3.25. The van der Waals surface area contributed by atoms with Gasteiger partial charge in [-0.3, -0.25) is 5.32 Å². The molecule has 1 aliphatic carbocycles. The van der Waals surface area contributed by atoms with Crippen LogP contribution in [-0.2, 0) is 0 Å². The lowest BCUT2D eigenvalue weighted by atomic mass is 10.0. The number of hydrogen-bond donors (Lipinski definition) is 1. The fourth-order valence-electron chi connectivity index (χ4n) is 1.79. The summed E-state index contributed by atoms with van der Waals surface area (Å²) in [6.45, 7) is 4.22. The first-order valence-electron chi connectivity index (χ1n) is 4.67. The largest absolute Gasteiger partial charge is 0.298 e. The van der Waals surface area contributed by atoms with Crippen LogP contribution >= 0.6 is 0 Å². The lowest BCUT2D eigenvalue weighted by Gasteiger charge is -2.21. The van der Waals surface area contributed by atoms with Crippen LogP contribution < -0.4 is 11.1 Å². The molecular weight excluding hydrogens is 136 g/mol. The van der Waals surface area contributed by atoms with Crippen LogP contribution in [0.2, 0.25) is 0 Å². The lowest BCUT2D eigenvalue weighted by Crippen LogP contribution is -2.40. The van der Waals surface area contributed by atoms with E-state index in [9.17, 15) is 0 Å². The fraction of sp³-hybridized carbons (Fsp3) is 1.00. The molecule has 0 amide bonds. The Kier molecular flexibility index (Phi) is 3.34. The molecule has 1 aliphatic rings. The molecule has 1 unspecified atom stereocenters. The highest BCUT2D eigenvalue weighted by Gasteiger charge is 2.22. The van der Waals surface area contributed by atoms with Gasteiger partial charge in [-0.25, -0.2) is 5.73 Å². The molecule has 1 saturated carbocycles. The van der Waals surface area contributed by atoms with Crippen molar-refractivity contribution >= 4 is 0 Å². The Hall–Kier alpha value is -0.0800. The van der Waals surface area contributed by atoms with Crippen molar-refractivity contribution in [3.63, 3.8) is 0 Å². The predicted octanol–water partition coefficient (Wildman–Crippen LogP) is 1.78. The molecule has 0 heterocycles. The van der Waals surface area contributed by atoms with Crippen molar-refractivity contribution in [1.82, 2.24) is 11.1 Å². The molecule has 2 nitrogen and oxygen atoms in total. The van der Waals surface area contributed by atoms with Gasteiger partial charge in [0, 0.05) is 6.04 Å². The van der Waals surface area contributed by atoms with E-state index in [1.807, 2.05) is 0 Å². The highest BCUT2D eigenvalue weighted by atomic mass is 15.0. The molecule has 65 valence electrons. The van der Waals surface area contributed by atoms with E-state index in [0.29, 0.717) is 12.0 Å². The molecule has 0 bridgehead atoms. The lowest BCUT2D eigenvalue weighted by molar-refractivity contribution is 0.335. The molecule has 1 fully saturated rings. The molecule has 1 rings (SSSR count). The van der Waals surface area contributed by atoms with Crippen LogP contribution in [0.5, 0.6) is 0 Å². The van der Waals surface area contributed by atoms with Crippen molar-refractivity contribution in [1.29, 1.82) is 0 Å². The van der Waals surface area contributed by atoms with E-state index in [1.54, 1.807) is 0 Å². The summed E-state index contributed by atoms with van der Waals surface area (Å²) in [7, 11) is 0. The smallest absolute Gasteiger partial charge is 0.0735 e. The summed E-state index contributed by atoms with van der Waals surface area (Å²) in [6, 6.07) is 0.457. The monoisotopic (exact) mass is 155 g/mol. The van der Waals surface area contributed by atoms with Gasteiger partial charge < -0.3 is 0 Å². The van der Waals surface area contributed by atoms with Crippen LogP contribution in [0.15, 0.2) is 0 Å². The molecule has 11 heavy (non-hydrogen) atoms. The maximum Gasteiger partial charge on any atom is 0.0735 e. The van der Waals surface area contributed by atoms with Crippen molar-refractivity contribution < 1.29 is 0 Å². The predicted molar refractivity (Wildman–Crippen MR) is 47.1 cm³/mol. The van der Waals surface area contributed by atoms with Crippen molar-refractivity contribution in [2.75, 3.05) is 0 Å². The molecule has 1 radical (unpaired) electrons. The van der Waals surface area contributed by atoms with Crippen LogP contribution in [0.3, 0.4) is 0 Å². The summed E-state index contributed by atoms with van der Waals surface area (Å²) in [5.41, 5.74) is 7.79. The molecule has 2 N–H and O–H groups in total. The van der Waals surface area contributed by atoms with E-state index >= 15 is 0 Å². The Balaban J connectivity index is 2.22. The molecule has 0 aromatic carbocycles. The SMILES string of the molecule is CC(C)NC([NH])C1CCCC1. The summed E-state index contributed by atoms with van der Waals surface area (Å²) in [4.78, 5) is 0. The van der Waals surface area contributed by atoms with Gasteiger partial charge in [-0.05, 0) is 32.6 Å². The Morgan fingerprint density at radius 2 is 1.82 bits per heavy atom. The summed E-state index contributed by atoms with van der Waals surface area (Å²) in [5.74, 6) is 0.623. The normalized spacial score (nSPS) is 22.9. The minimum Gasteiger partial charge on any atom is -0.298 e. The maximum atomic E-state index is 7.79. The first-order chi connectivity index (χ1) is 5.20. The highest BCUT2D eigenvalue weighted by molar-refractivity contribution is 4.76. The van der Waals surface area contributed by atoms with Crippen molar-refractivity contribution in [2.24, 2.45) is 5.92 Å². The van der Waals surface area contributed by atoms with Gasteiger partial charge in [0.15, 0.2) is 0 Å². The topological polar surface area (TPSA) is 35.8 Å². The van der Waals surface area contributed by atoms with E-state index in [-0.39, 0.29) is 6.17 Å². The van der Waals surface area contributed by atoms with E-state index in [2.05, 4.69) is 19.2 Å². The van der Waals surface area contributed by atoms with Crippen LogP contribution in [0.25, 0.3) is 0 Å². The molecule has 0 aliphatic heterocycles. The first kappa shape index (κ1) is 9.01. The van der Waals surface area contributed by atoms with Crippen LogP contribution in [-0.4, -0.2) is 12.2 Å². The third-order valence-corrected chi connectivity index (χ3v) is 2.38. The number of nitrogens with one attached hydrogen (secondary N) is 2. The summed E-state index contributed by atoms with van der Waals surface area (Å²) < 4.78 is 0. The quantitative estimate of drug-likeness (QED) is 0.662. The van der Waals surface area contributed by atoms with Gasteiger partial charge in [0.05, 0.1) is 6.17 Å². The van der Waals surface area contributed by atoms with E-state index in [1.165, 1.54) is 25.7 Å². The standard InChI is InChI=1S/C9H19N2/c1-7(2)11-9(10)8-5-3-4-6-8/h7-11H,3-6H2,1-2H3. The van der Waals surface area contributed by atoms with Crippen molar-refractivity contribution in [3.05, 3.63) is 0 Å². The highest BCUT2D eigenvalue weighted by Crippen LogP contribution is 2.26. The van der Waals surface area contributed by atoms with E-state index in [4.69, 9.17) is 5.73 Å². The Morgan fingerprint density at radius 1 is 1.27 bits per heavy atom. The van der Waals surface area contributed by atoms with Gasteiger partial charge in [-0.15, -0.1) is 0 Å². The first-order valence-corrected chi connectivity index (χ1v) is 4.67. The second-order valence-corrected chi connectivity index (χ2v) is 3.84. The minimum absolute atomic E-state index is 0.0162. The average molecular weight is 155 g/mol. The number of hydrogen-bond acceptors (Lipinski definition) is 1. The molecule has 0 aromatic heterocycles. The van der Waals surface area contributed by atoms with Gasteiger partial charge in [-0.1, -0.05) is 12.8 Å². The van der Waals surface area contributed by atoms with Crippen LogP contribution in [0.1, 0.15) is 39.5 Å². The molecular formula is C9H19N2. The second-order valence-electron chi connectivity index (χ2n) is 3.84. The van der Waals surface area contributed by atoms with Crippen molar-refractivity contribution in [2.45, 2.75) is 51.7 Å². The van der Waals surface area contributed by atoms with Crippen molar-refractivity contribution in [3.8, 4) is 0 Å². The van der Waals surface area contributed by atoms with Crippen LogP contribution in [0.4, 0.5) is 0 Å². The Labute approximate surface area is 69.5 Å². The fourth-order valence-corrected chi connectivity index (χ4v) is 1.79. The number of rotatable bonds is 3. The van der Waals surface area contributed by atoms with Gasteiger partial charge in [-0.2, -0.15) is 0 Å². The van der Waals surface area contributed by atoms with E-state index < -0.39 is 0 Å².